The van der Waals surface area contributed by atoms with Crippen LogP contribution in [0.2, 0.25) is 0 Å². The van der Waals surface area contributed by atoms with Crippen LogP contribution in [-0.4, -0.2) is 31.7 Å². The smallest absolute Gasteiger partial charge is 0.243 e. The third-order valence-corrected chi connectivity index (χ3v) is 7.22. The number of aryl methyl sites for hydroxylation is 3. The van der Waals surface area contributed by atoms with Gasteiger partial charge in [0.1, 0.15) is 0 Å². The second-order valence-corrected chi connectivity index (χ2v) is 9.08. The van der Waals surface area contributed by atoms with Crippen LogP contribution in [0.5, 0.6) is 0 Å². The van der Waals surface area contributed by atoms with Gasteiger partial charge in [-0.1, -0.05) is 32.0 Å². The number of sulfonamides is 1. The van der Waals surface area contributed by atoms with Gasteiger partial charge in [-0.2, -0.15) is 4.31 Å². The van der Waals surface area contributed by atoms with Gasteiger partial charge in [0, 0.05) is 18.8 Å². The summed E-state index contributed by atoms with van der Waals surface area (Å²) in [5.74, 6) is -0.164. The monoisotopic (exact) mass is 402 g/mol. The first-order valence-corrected chi connectivity index (χ1v) is 11.0. The fraction of sp³-hybridized carbons (Fsp3) is 0.409. The van der Waals surface area contributed by atoms with Crippen molar-refractivity contribution in [3.63, 3.8) is 0 Å². The molecule has 0 atom stereocenters. The number of hydrogen-bond acceptors (Lipinski definition) is 3. The van der Waals surface area contributed by atoms with Crippen LogP contribution in [0.1, 0.15) is 41.7 Å². The first-order chi connectivity index (χ1) is 13.1. The van der Waals surface area contributed by atoms with Crippen molar-refractivity contribution in [3.8, 4) is 0 Å². The highest BCUT2D eigenvalue weighted by Gasteiger charge is 2.23. The van der Waals surface area contributed by atoms with E-state index in [1.54, 1.807) is 12.1 Å². The zero-order valence-corrected chi connectivity index (χ0v) is 18.4. The zero-order valence-electron chi connectivity index (χ0n) is 17.6. The lowest BCUT2D eigenvalue weighted by molar-refractivity contribution is -0.115. The minimum atomic E-state index is -3.59. The SMILES string of the molecule is CCN(CC)S(=O)(=O)c1cc(C)c(C)c(NC(=O)Cc2ccc(C)c(C)c2)c1. The predicted octanol–water partition coefficient (Wildman–Crippen LogP) is 4.13. The second-order valence-electron chi connectivity index (χ2n) is 7.15. The summed E-state index contributed by atoms with van der Waals surface area (Å²) in [6, 6.07) is 9.19. The maximum absolute atomic E-state index is 12.9. The van der Waals surface area contributed by atoms with E-state index in [4.69, 9.17) is 0 Å². The predicted molar refractivity (Wildman–Crippen MR) is 114 cm³/mol. The quantitative estimate of drug-likeness (QED) is 0.757. The second kappa shape index (κ2) is 8.88. The number of hydrogen-bond donors (Lipinski definition) is 1. The zero-order chi connectivity index (χ0) is 21.1. The Morgan fingerprint density at radius 1 is 0.929 bits per heavy atom. The van der Waals surface area contributed by atoms with Gasteiger partial charge in [0.25, 0.3) is 0 Å². The van der Waals surface area contributed by atoms with Gasteiger partial charge in [-0.25, -0.2) is 8.42 Å². The van der Waals surface area contributed by atoms with Crippen molar-refractivity contribution in [1.82, 2.24) is 4.31 Å². The number of nitrogens with zero attached hydrogens (tertiary/aromatic N) is 1. The van der Waals surface area contributed by atoms with Gasteiger partial charge in [-0.3, -0.25) is 4.79 Å². The minimum absolute atomic E-state index is 0.164. The summed E-state index contributed by atoms with van der Waals surface area (Å²) in [6.07, 6.45) is 0.243. The van der Waals surface area contributed by atoms with Crippen molar-refractivity contribution in [2.24, 2.45) is 0 Å². The van der Waals surface area contributed by atoms with E-state index in [1.165, 1.54) is 9.87 Å². The van der Waals surface area contributed by atoms with Gasteiger partial charge in [0.05, 0.1) is 11.3 Å². The minimum Gasteiger partial charge on any atom is -0.326 e. The first-order valence-electron chi connectivity index (χ1n) is 9.57. The van der Waals surface area contributed by atoms with Crippen molar-refractivity contribution in [2.75, 3.05) is 18.4 Å². The maximum Gasteiger partial charge on any atom is 0.243 e. The van der Waals surface area contributed by atoms with Gasteiger partial charge in [0.2, 0.25) is 15.9 Å². The summed E-state index contributed by atoms with van der Waals surface area (Å²) in [5, 5.41) is 2.90. The van der Waals surface area contributed by atoms with Crippen LogP contribution in [0.4, 0.5) is 5.69 Å². The van der Waals surface area contributed by atoms with Crippen molar-refractivity contribution in [3.05, 3.63) is 58.1 Å². The van der Waals surface area contributed by atoms with E-state index >= 15 is 0 Å². The lowest BCUT2D eigenvalue weighted by Gasteiger charge is -2.20. The molecule has 0 bridgehead atoms. The average molecular weight is 403 g/mol. The number of rotatable bonds is 7. The Bertz CT molecular complexity index is 978. The van der Waals surface area contributed by atoms with Crippen LogP contribution in [0, 0.1) is 27.7 Å². The molecule has 0 aromatic heterocycles. The molecule has 0 aliphatic rings. The molecule has 2 aromatic carbocycles. The Hall–Kier alpha value is -2.18. The third kappa shape index (κ3) is 4.80. The van der Waals surface area contributed by atoms with Crippen molar-refractivity contribution >= 4 is 21.6 Å². The van der Waals surface area contributed by atoms with E-state index in [9.17, 15) is 13.2 Å². The van der Waals surface area contributed by atoms with Gasteiger partial charge < -0.3 is 5.32 Å². The largest absolute Gasteiger partial charge is 0.326 e. The lowest BCUT2D eigenvalue weighted by Crippen LogP contribution is -2.30. The molecule has 28 heavy (non-hydrogen) atoms. The van der Waals surface area contributed by atoms with E-state index in [2.05, 4.69) is 5.32 Å². The summed E-state index contributed by atoms with van der Waals surface area (Å²) in [7, 11) is -3.59. The Balaban J connectivity index is 2.31. The molecule has 0 unspecified atom stereocenters. The van der Waals surface area contributed by atoms with E-state index < -0.39 is 10.0 Å². The number of amides is 1. The number of carbonyl (C=O) groups excluding carboxylic acids is 1. The third-order valence-electron chi connectivity index (χ3n) is 5.19. The summed E-state index contributed by atoms with van der Waals surface area (Å²) < 4.78 is 27.2. The molecule has 6 heteroatoms. The Kier molecular flexibility index (Phi) is 7.01. The molecule has 1 N–H and O–H groups in total. The highest BCUT2D eigenvalue weighted by molar-refractivity contribution is 7.89. The summed E-state index contributed by atoms with van der Waals surface area (Å²) in [5.41, 5.74) is 5.50. The topological polar surface area (TPSA) is 66.5 Å². The fourth-order valence-electron chi connectivity index (χ4n) is 3.11. The molecule has 152 valence electrons. The molecule has 5 nitrogen and oxygen atoms in total. The molecule has 0 heterocycles. The summed E-state index contributed by atoms with van der Waals surface area (Å²) in [6.45, 7) is 12.2. The number of carbonyl (C=O) groups is 1. The van der Waals surface area contributed by atoms with Gasteiger partial charge in [0.15, 0.2) is 0 Å². The Morgan fingerprint density at radius 3 is 2.14 bits per heavy atom. The van der Waals surface area contributed by atoms with E-state index in [1.807, 2.05) is 59.7 Å². The Labute approximate surface area is 168 Å². The van der Waals surface area contributed by atoms with Crippen LogP contribution >= 0.6 is 0 Å². The molecule has 0 saturated carbocycles. The molecule has 0 aliphatic carbocycles. The lowest BCUT2D eigenvalue weighted by atomic mass is 10.0. The van der Waals surface area contributed by atoms with Crippen molar-refractivity contribution < 1.29 is 13.2 Å². The molecule has 0 spiro atoms. The maximum atomic E-state index is 12.9. The average Bonchev–Trinajstić information content (AvgIpc) is 2.62. The van der Waals surface area contributed by atoms with Gasteiger partial charge in [-0.15, -0.1) is 0 Å². The van der Waals surface area contributed by atoms with Crippen molar-refractivity contribution in [2.45, 2.75) is 52.9 Å². The highest BCUT2D eigenvalue weighted by atomic mass is 32.2. The summed E-state index contributed by atoms with van der Waals surface area (Å²) in [4.78, 5) is 12.8. The van der Waals surface area contributed by atoms with Crippen LogP contribution in [-0.2, 0) is 21.2 Å². The molecule has 1 amide bonds. The van der Waals surface area contributed by atoms with Crippen molar-refractivity contribution in [1.29, 1.82) is 0 Å². The normalized spacial score (nSPS) is 11.7. The van der Waals surface area contributed by atoms with E-state index in [0.717, 1.165) is 22.3 Å². The molecule has 0 fully saturated rings. The molecule has 2 aromatic rings. The standard InChI is InChI=1S/C22H30N2O3S/c1-7-24(8-2)28(26,27)20-12-17(5)18(6)21(14-20)23-22(25)13-19-10-9-15(3)16(4)11-19/h9-12,14H,7-8,13H2,1-6H3,(H,23,25). The van der Waals surface area contributed by atoms with E-state index in [0.29, 0.717) is 18.8 Å². The molecule has 0 aliphatic heterocycles. The van der Waals surface area contributed by atoms with E-state index in [-0.39, 0.29) is 17.2 Å². The number of anilines is 1. The molecule has 2 rings (SSSR count). The first kappa shape index (κ1) is 22.1. The van der Waals surface area contributed by atoms with Crippen LogP contribution < -0.4 is 5.32 Å². The molecule has 0 saturated heterocycles. The molecule has 0 radical (unpaired) electrons. The molecular formula is C22H30N2O3S. The van der Waals surface area contributed by atoms with Gasteiger partial charge >= 0.3 is 0 Å². The molecular weight excluding hydrogens is 372 g/mol. The summed E-state index contributed by atoms with van der Waals surface area (Å²) >= 11 is 0. The van der Waals surface area contributed by atoms with Crippen LogP contribution in [0.15, 0.2) is 35.2 Å². The van der Waals surface area contributed by atoms with Crippen LogP contribution in [0.25, 0.3) is 0 Å². The van der Waals surface area contributed by atoms with Gasteiger partial charge in [-0.05, 0) is 67.6 Å². The van der Waals surface area contributed by atoms with Crippen LogP contribution in [0.3, 0.4) is 0 Å². The fourth-order valence-corrected chi connectivity index (χ4v) is 4.68. The highest BCUT2D eigenvalue weighted by Crippen LogP contribution is 2.26. The number of benzene rings is 2. The Morgan fingerprint density at radius 2 is 1.57 bits per heavy atom. The number of nitrogens with one attached hydrogen (secondary N) is 1.